The van der Waals surface area contributed by atoms with Gasteiger partial charge in [-0.2, -0.15) is 0 Å². The molecule has 1 aliphatic heterocycles. The van der Waals surface area contributed by atoms with Gasteiger partial charge < -0.3 is 15.3 Å². The van der Waals surface area contributed by atoms with Gasteiger partial charge in [-0.1, -0.05) is 15.9 Å². The number of aromatic carboxylic acids is 1. The van der Waals surface area contributed by atoms with Crippen molar-refractivity contribution in [1.29, 1.82) is 0 Å². The van der Waals surface area contributed by atoms with Gasteiger partial charge in [-0.05, 0) is 24.6 Å². The number of carbonyl (C=O) groups is 3. The van der Waals surface area contributed by atoms with Crippen molar-refractivity contribution >= 4 is 39.4 Å². The molecule has 0 aliphatic carbocycles. The molecule has 0 radical (unpaired) electrons. The van der Waals surface area contributed by atoms with Crippen molar-refractivity contribution in [2.45, 2.75) is 12.8 Å². The second-order valence-electron chi connectivity index (χ2n) is 4.46. The van der Waals surface area contributed by atoms with Gasteiger partial charge in [0.25, 0.3) is 0 Å². The molecule has 1 saturated heterocycles. The first-order valence-corrected chi connectivity index (χ1v) is 6.87. The van der Waals surface area contributed by atoms with Crippen molar-refractivity contribution in [3.8, 4) is 0 Å². The molecular weight excluding hydrogens is 328 g/mol. The maximum atomic E-state index is 11.9. The molecule has 0 unspecified atom stereocenters. The van der Waals surface area contributed by atoms with Crippen molar-refractivity contribution in [3.63, 3.8) is 0 Å². The highest BCUT2D eigenvalue weighted by atomic mass is 79.9. The Balaban J connectivity index is 2.07. The standard InChI is InChI=1S/C13H13BrN2O4/c14-8-3-4-10(9(6-8)13(19)20)15-11(17)7-16-5-1-2-12(16)18/h3-4,6H,1-2,5,7H2,(H,15,17)(H,19,20). The predicted molar refractivity (Wildman–Crippen MR) is 75.5 cm³/mol. The number of anilines is 1. The van der Waals surface area contributed by atoms with E-state index in [2.05, 4.69) is 21.2 Å². The third kappa shape index (κ3) is 3.36. The summed E-state index contributed by atoms with van der Waals surface area (Å²) in [6.07, 6.45) is 1.22. The maximum absolute atomic E-state index is 11.9. The molecule has 0 saturated carbocycles. The van der Waals surface area contributed by atoms with Crippen LogP contribution in [0.2, 0.25) is 0 Å². The van der Waals surface area contributed by atoms with Crippen LogP contribution in [-0.2, 0) is 9.59 Å². The first-order valence-electron chi connectivity index (χ1n) is 6.08. The number of carboxylic acid groups (broad SMARTS) is 1. The van der Waals surface area contributed by atoms with Gasteiger partial charge in [-0.25, -0.2) is 4.79 Å². The van der Waals surface area contributed by atoms with Crippen LogP contribution in [0.25, 0.3) is 0 Å². The number of nitrogens with zero attached hydrogens (tertiary/aromatic N) is 1. The van der Waals surface area contributed by atoms with E-state index in [1.807, 2.05) is 0 Å². The molecule has 0 atom stereocenters. The fraction of sp³-hybridized carbons (Fsp3) is 0.308. The van der Waals surface area contributed by atoms with E-state index >= 15 is 0 Å². The molecular formula is C13H13BrN2O4. The number of hydrogen-bond acceptors (Lipinski definition) is 3. The summed E-state index contributed by atoms with van der Waals surface area (Å²) in [5, 5.41) is 11.6. The topological polar surface area (TPSA) is 86.7 Å². The molecule has 6 nitrogen and oxygen atoms in total. The van der Waals surface area contributed by atoms with E-state index in [0.29, 0.717) is 17.4 Å². The molecule has 1 fully saturated rings. The molecule has 1 aromatic rings. The van der Waals surface area contributed by atoms with Crippen LogP contribution in [0.4, 0.5) is 5.69 Å². The zero-order chi connectivity index (χ0) is 14.7. The SMILES string of the molecule is O=C(CN1CCCC1=O)Nc1ccc(Br)cc1C(=O)O. The van der Waals surface area contributed by atoms with E-state index < -0.39 is 11.9 Å². The second-order valence-corrected chi connectivity index (χ2v) is 5.38. The summed E-state index contributed by atoms with van der Waals surface area (Å²) in [4.78, 5) is 35.9. The lowest BCUT2D eigenvalue weighted by atomic mass is 10.2. The Morgan fingerprint density at radius 2 is 2.15 bits per heavy atom. The number of nitrogens with one attached hydrogen (secondary N) is 1. The lowest BCUT2D eigenvalue weighted by molar-refractivity contribution is -0.131. The third-order valence-electron chi connectivity index (χ3n) is 2.99. The predicted octanol–water partition coefficient (Wildman–Crippen LogP) is 1.71. The molecule has 0 aromatic heterocycles. The van der Waals surface area contributed by atoms with E-state index in [1.165, 1.54) is 17.0 Å². The zero-order valence-electron chi connectivity index (χ0n) is 10.6. The Morgan fingerprint density at radius 3 is 2.75 bits per heavy atom. The minimum absolute atomic E-state index is 0.000438. The van der Waals surface area contributed by atoms with E-state index in [4.69, 9.17) is 5.11 Å². The van der Waals surface area contributed by atoms with Crippen LogP contribution < -0.4 is 5.32 Å². The molecule has 106 valence electrons. The largest absolute Gasteiger partial charge is 0.478 e. The number of likely N-dealkylation sites (tertiary alicyclic amines) is 1. The van der Waals surface area contributed by atoms with Crippen molar-refractivity contribution in [1.82, 2.24) is 4.90 Å². The normalized spacial score (nSPS) is 14.4. The molecule has 20 heavy (non-hydrogen) atoms. The van der Waals surface area contributed by atoms with Crippen LogP contribution in [0, 0.1) is 0 Å². The summed E-state index contributed by atoms with van der Waals surface area (Å²) < 4.78 is 0.614. The second kappa shape index (κ2) is 6.04. The molecule has 7 heteroatoms. The number of halogens is 1. The summed E-state index contributed by atoms with van der Waals surface area (Å²) in [5.74, 6) is -1.57. The van der Waals surface area contributed by atoms with E-state index in [0.717, 1.165) is 6.42 Å². The Kier molecular flexibility index (Phi) is 4.39. The van der Waals surface area contributed by atoms with Gasteiger partial charge in [0.2, 0.25) is 11.8 Å². The molecule has 1 aliphatic rings. The first kappa shape index (κ1) is 14.5. The van der Waals surface area contributed by atoms with Crippen molar-refractivity contribution in [2.24, 2.45) is 0 Å². The Morgan fingerprint density at radius 1 is 1.40 bits per heavy atom. The number of carboxylic acids is 1. The van der Waals surface area contributed by atoms with Crippen molar-refractivity contribution < 1.29 is 19.5 Å². The lowest BCUT2D eigenvalue weighted by Crippen LogP contribution is -2.34. The minimum Gasteiger partial charge on any atom is -0.478 e. The van der Waals surface area contributed by atoms with Gasteiger partial charge in [0.05, 0.1) is 17.8 Å². The number of rotatable bonds is 4. The van der Waals surface area contributed by atoms with Gasteiger partial charge in [-0.3, -0.25) is 9.59 Å². The Bertz CT molecular complexity index is 573. The fourth-order valence-corrected chi connectivity index (χ4v) is 2.40. The van der Waals surface area contributed by atoms with Crippen LogP contribution >= 0.6 is 15.9 Å². The first-order chi connectivity index (χ1) is 9.47. The Hall–Kier alpha value is -1.89. The monoisotopic (exact) mass is 340 g/mol. The molecule has 0 bridgehead atoms. The average molecular weight is 341 g/mol. The fourth-order valence-electron chi connectivity index (χ4n) is 2.04. The van der Waals surface area contributed by atoms with Crippen molar-refractivity contribution in [2.75, 3.05) is 18.4 Å². The summed E-state index contributed by atoms with van der Waals surface area (Å²) in [6.45, 7) is 0.520. The summed E-state index contributed by atoms with van der Waals surface area (Å²) in [7, 11) is 0. The molecule has 2 rings (SSSR count). The van der Waals surface area contributed by atoms with Crippen LogP contribution in [-0.4, -0.2) is 40.9 Å². The smallest absolute Gasteiger partial charge is 0.337 e. The van der Waals surface area contributed by atoms with Crippen LogP contribution in [0.5, 0.6) is 0 Å². The van der Waals surface area contributed by atoms with E-state index in [1.54, 1.807) is 6.07 Å². The van der Waals surface area contributed by atoms with E-state index in [-0.39, 0.29) is 23.7 Å². The van der Waals surface area contributed by atoms with Gasteiger partial charge >= 0.3 is 5.97 Å². The summed E-state index contributed by atoms with van der Waals surface area (Å²) in [6, 6.07) is 4.57. The van der Waals surface area contributed by atoms with Gasteiger partial charge in [0.15, 0.2) is 0 Å². The molecule has 2 N–H and O–H groups in total. The van der Waals surface area contributed by atoms with Crippen LogP contribution in [0.3, 0.4) is 0 Å². The van der Waals surface area contributed by atoms with Crippen LogP contribution in [0.1, 0.15) is 23.2 Å². The van der Waals surface area contributed by atoms with Gasteiger partial charge in [0, 0.05) is 17.4 Å². The lowest BCUT2D eigenvalue weighted by Gasteiger charge is -2.15. The minimum atomic E-state index is -1.13. The number of hydrogen-bond donors (Lipinski definition) is 2. The van der Waals surface area contributed by atoms with Gasteiger partial charge in [0.1, 0.15) is 0 Å². The number of carbonyl (C=O) groups excluding carboxylic acids is 2. The number of amides is 2. The molecule has 2 amide bonds. The van der Waals surface area contributed by atoms with E-state index in [9.17, 15) is 14.4 Å². The highest BCUT2D eigenvalue weighted by Gasteiger charge is 2.23. The van der Waals surface area contributed by atoms with Gasteiger partial charge in [-0.15, -0.1) is 0 Å². The third-order valence-corrected chi connectivity index (χ3v) is 3.49. The maximum Gasteiger partial charge on any atom is 0.337 e. The summed E-state index contributed by atoms with van der Waals surface area (Å²) >= 11 is 3.18. The average Bonchev–Trinajstić information content (AvgIpc) is 2.77. The van der Waals surface area contributed by atoms with Crippen LogP contribution in [0.15, 0.2) is 22.7 Å². The summed E-state index contributed by atoms with van der Waals surface area (Å²) in [5.41, 5.74) is 0.220. The quantitative estimate of drug-likeness (QED) is 0.873. The zero-order valence-corrected chi connectivity index (χ0v) is 12.1. The van der Waals surface area contributed by atoms with Crippen molar-refractivity contribution in [3.05, 3.63) is 28.2 Å². The Labute approximate surface area is 123 Å². The molecule has 1 heterocycles. The number of benzene rings is 1. The molecule has 1 aromatic carbocycles. The highest BCUT2D eigenvalue weighted by molar-refractivity contribution is 9.10. The molecule has 0 spiro atoms. The highest BCUT2D eigenvalue weighted by Crippen LogP contribution is 2.21.